The topological polar surface area (TPSA) is 75.7 Å². The predicted octanol–water partition coefficient (Wildman–Crippen LogP) is 2.58. The number of benzene rings is 2. The summed E-state index contributed by atoms with van der Waals surface area (Å²) in [5.74, 6) is 0.362. The standard InChI is InChI=1S/C19H21BrN2O4S/c1-26-18-6-5-16-13-22(9-7-14(16)12-18)27(24,25)10-8-21-19(23)15-3-2-4-17(20)11-15/h2-6,11-12H,7-10,13H2,1H3,(H,21,23). The number of hydrogen-bond acceptors (Lipinski definition) is 4. The minimum Gasteiger partial charge on any atom is -0.497 e. The fourth-order valence-corrected chi connectivity index (χ4v) is 4.74. The molecule has 0 unspecified atom stereocenters. The molecule has 0 bridgehead atoms. The second kappa shape index (κ2) is 8.41. The number of rotatable bonds is 6. The van der Waals surface area contributed by atoms with Crippen molar-refractivity contribution in [1.82, 2.24) is 9.62 Å². The van der Waals surface area contributed by atoms with Crippen LogP contribution in [0.5, 0.6) is 5.75 Å². The van der Waals surface area contributed by atoms with E-state index in [9.17, 15) is 13.2 Å². The molecule has 1 aliphatic heterocycles. The number of methoxy groups -OCH3 is 1. The molecule has 0 atom stereocenters. The molecule has 1 amide bonds. The van der Waals surface area contributed by atoms with Crippen LogP contribution in [-0.4, -0.2) is 44.6 Å². The Morgan fingerprint density at radius 1 is 1.22 bits per heavy atom. The molecule has 27 heavy (non-hydrogen) atoms. The summed E-state index contributed by atoms with van der Waals surface area (Å²) in [6.07, 6.45) is 0.649. The van der Waals surface area contributed by atoms with Crippen LogP contribution in [0.1, 0.15) is 21.5 Å². The molecule has 144 valence electrons. The number of carbonyl (C=O) groups is 1. The summed E-state index contributed by atoms with van der Waals surface area (Å²) in [5, 5.41) is 2.67. The first-order valence-corrected chi connectivity index (χ1v) is 11.0. The Morgan fingerprint density at radius 2 is 2.04 bits per heavy atom. The number of sulfonamides is 1. The van der Waals surface area contributed by atoms with Crippen molar-refractivity contribution < 1.29 is 17.9 Å². The van der Waals surface area contributed by atoms with Crippen molar-refractivity contribution in [3.05, 3.63) is 63.6 Å². The number of amides is 1. The largest absolute Gasteiger partial charge is 0.497 e. The zero-order valence-electron chi connectivity index (χ0n) is 14.9. The highest BCUT2D eigenvalue weighted by Gasteiger charge is 2.26. The van der Waals surface area contributed by atoms with Gasteiger partial charge in [-0.1, -0.05) is 28.1 Å². The Labute approximate surface area is 167 Å². The Balaban J connectivity index is 1.58. The van der Waals surface area contributed by atoms with Crippen molar-refractivity contribution in [3.63, 3.8) is 0 Å². The smallest absolute Gasteiger partial charge is 0.251 e. The first-order valence-electron chi connectivity index (χ1n) is 8.56. The molecule has 0 saturated carbocycles. The number of hydrogen-bond donors (Lipinski definition) is 1. The Morgan fingerprint density at radius 3 is 2.78 bits per heavy atom. The van der Waals surface area contributed by atoms with Gasteiger partial charge >= 0.3 is 0 Å². The van der Waals surface area contributed by atoms with Gasteiger partial charge < -0.3 is 10.1 Å². The lowest BCUT2D eigenvalue weighted by Gasteiger charge is -2.28. The Bertz CT molecular complexity index is 946. The SMILES string of the molecule is COc1ccc2c(c1)CCN(S(=O)(=O)CCNC(=O)c1cccc(Br)c1)C2. The second-order valence-electron chi connectivity index (χ2n) is 6.30. The van der Waals surface area contributed by atoms with Gasteiger partial charge in [-0.15, -0.1) is 0 Å². The Kier molecular flexibility index (Phi) is 6.18. The van der Waals surface area contributed by atoms with Crippen LogP contribution in [0, 0.1) is 0 Å². The molecule has 0 aromatic heterocycles. The molecule has 2 aromatic rings. The fraction of sp³-hybridized carbons (Fsp3) is 0.316. The zero-order valence-corrected chi connectivity index (χ0v) is 17.3. The third kappa shape index (κ3) is 4.88. The summed E-state index contributed by atoms with van der Waals surface area (Å²) in [6.45, 7) is 0.850. The lowest BCUT2D eigenvalue weighted by atomic mass is 10.0. The number of ether oxygens (including phenoxy) is 1. The minimum atomic E-state index is -3.45. The van der Waals surface area contributed by atoms with E-state index >= 15 is 0 Å². The molecule has 0 fully saturated rings. The van der Waals surface area contributed by atoms with E-state index in [1.54, 1.807) is 25.3 Å². The molecule has 6 nitrogen and oxygen atoms in total. The molecule has 1 aliphatic rings. The first kappa shape index (κ1) is 19.9. The van der Waals surface area contributed by atoms with Gasteiger partial charge in [0.15, 0.2) is 0 Å². The van der Waals surface area contributed by atoms with Crippen molar-refractivity contribution >= 4 is 31.9 Å². The van der Waals surface area contributed by atoms with E-state index in [2.05, 4.69) is 21.2 Å². The summed E-state index contributed by atoms with van der Waals surface area (Å²) < 4.78 is 32.8. The summed E-state index contributed by atoms with van der Waals surface area (Å²) >= 11 is 3.31. The number of nitrogens with one attached hydrogen (secondary N) is 1. The van der Waals surface area contributed by atoms with Crippen molar-refractivity contribution in [3.8, 4) is 5.75 Å². The van der Waals surface area contributed by atoms with Crippen molar-refractivity contribution in [1.29, 1.82) is 0 Å². The minimum absolute atomic E-state index is 0.0691. The highest BCUT2D eigenvalue weighted by atomic mass is 79.9. The van der Waals surface area contributed by atoms with Crippen molar-refractivity contribution in [2.75, 3.05) is 26.0 Å². The van der Waals surface area contributed by atoms with Gasteiger partial charge in [0.25, 0.3) is 5.91 Å². The number of nitrogens with zero attached hydrogens (tertiary/aromatic N) is 1. The summed E-state index contributed by atoms with van der Waals surface area (Å²) in [4.78, 5) is 12.1. The maximum Gasteiger partial charge on any atom is 0.251 e. The summed E-state index contributed by atoms with van der Waals surface area (Å²) in [6, 6.07) is 12.7. The van der Waals surface area contributed by atoms with Crippen LogP contribution < -0.4 is 10.1 Å². The molecule has 1 heterocycles. The van der Waals surface area contributed by atoms with Gasteiger partial charge in [-0.3, -0.25) is 4.79 Å². The van der Waals surface area contributed by atoms with Gasteiger partial charge in [-0.05, 0) is 47.9 Å². The molecule has 0 spiro atoms. The quantitative estimate of drug-likeness (QED) is 0.730. The molecule has 1 N–H and O–H groups in total. The van der Waals surface area contributed by atoms with Gasteiger partial charge in [0.2, 0.25) is 10.0 Å². The van der Waals surface area contributed by atoms with E-state index in [0.29, 0.717) is 25.1 Å². The van der Waals surface area contributed by atoms with Crippen LogP contribution in [0.4, 0.5) is 0 Å². The molecule has 8 heteroatoms. The third-order valence-electron chi connectivity index (χ3n) is 4.52. The second-order valence-corrected chi connectivity index (χ2v) is 9.30. The first-order chi connectivity index (χ1) is 12.9. The van der Waals surface area contributed by atoms with E-state index in [0.717, 1.165) is 21.3 Å². The summed E-state index contributed by atoms with van der Waals surface area (Å²) in [5.41, 5.74) is 2.59. The van der Waals surface area contributed by atoms with E-state index in [4.69, 9.17) is 4.74 Å². The highest BCUT2D eigenvalue weighted by Crippen LogP contribution is 2.25. The fourth-order valence-electron chi connectivity index (χ4n) is 3.02. The molecule has 0 radical (unpaired) electrons. The van der Waals surface area contributed by atoms with E-state index in [1.807, 2.05) is 24.3 Å². The third-order valence-corrected chi connectivity index (χ3v) is 6.83. The van der Waals surface area contributed by atoms with Gasteiger partial charge in [-0.25, -0.2) is 8.42 Å². The van der Waals surface area contributed by atoms with Crippen LogP contribution in [-0.2, 0) is 23.0 Å². The normalized spacial score (nSPS) is 14.4. The van der Waals surface area contributed by atoms with E-state index in [1.165, 1.54) is 4.31 Å². The molecular weight excluding hydrogens is 432 g/mol. The lowest BCUT2D eigenvalue weighted by molar-refractivity contribution is 0.0956. The lowest BCUT2D eigenvalue weighted by Crippen LogP contribution is -2.40. The van der Waals surface area contributed by atoms with Crippen LogP contribution in [0.3, 0.4) is 0 Å². The van der Waals surface area contributed by atoms with Crippen molar-refractivity contribution in [2.45, 2.75) is 13.0 Å². The molecule has 3 rings (SSSR count). The number of carbonyl (C=O) groups excluding carboxylic acids is 1. The number of fused-ring (bicyclic) bond motifs is 1. The molecular formula is C19H21BrN2O4S. The van der Waals surface area contributed by atoms with Crippen molar-refractivity contribution in [2.24, 2.45) is 0 Å². The Hall–Kier alpha value is -1.90. The number of halogens is 1. The van der Waals surface area contributed by atoms with Crippen LogP contribution >= 0.6 is 15.9 Å². The van der Waals surface area contributed by atoms with Gasteiger partial charge in [-0.2, -0.15) is 4.31 Å². The van der Waals surface area contributed by atoms with Crippen LogP contribution in [0.25, 0.3) is 0 Å². The van der Waals surface area contributed by atoms with Gasteiger partial charge in [0.1, 0.15) is 5.75 Å². The molecule has 2 aromatic carbocycles. The van der Waals surface area contributed by atoms with Gasteiger partial charge in [0, 0.05) is 29.7 Å². The zero-order chi connectivity index (χ0) is 19.4. The molecule has 0 saturated heterocycles. The predicted molar refractivity (Wildman–Crippen MR) is 107 cm³/mol. The average molecular weight is 453 g/mol. The van der Waals surface area contributed by atoms with Crippen LogP contribution in [0.2, 0.25) is 0 Å². The highest BCUT2D eigenvalue weighted by molar-refractivity contribution is 9.10. The van der Waals surface area contributed by atoms with E-state index < -0.39 is 10.0 Å². The summed E-state index contributed by atoms with van der Waals surface area (Å²) in [7, 11) is -1.83. The molecule has 0 aliphatic carbocycles. The van der Waals surface area contributed by atoms with Gasteiger partial charge in [0.05, 0.1) is 12.9 Å². The van der Waals surface area contributed by atoms with Crippen LogP contribution in [0.15, 0.2) is 46.9 Å². The maximum absolute atomic E-state index is 12.6. The average Bonchev–Trinajstić information content (AvgIpc) is 2.66. The van der Waals surface area contributed by atoms with E-state index in [-0.39, 0.29) is 18.2 Å². The maximum atomic E-state index is 12.6. The monoisotopic (exact) mass is 452 g/mol.